The fraction of sp³-hybridized carbons (Fsp3) is 0.556. The van der Waals surface area contributed by atoms with Crippen molar-refractivity contribution in [3.05, 3.63) is 12.2 Å². The Bertz CT molecular complexity index is 225. The second-order valence-corrected chi connectivity index (χ2v) is 2.62. The van der Waals surface area contributed by atoms with Crippen molar-refractivity contribution < 1.29 is 19.1 Å². The van der Waals surface area contributed by atoms with Crippen LogP contribution in [0.15, 0.2) is 12.2 Å². The van der Waals surface area contributed by atoms with Gasteiger partial charge < -0.3 is 15.2 Å². The number of methoxy groups -OCH3 is 2. The number of nitrogens with two attached hydrogens (primary N) is 1. The fourth-order valence-electron chi connectivity index (χ4n) is 0.753. The minimum Gasteiger partial charge on any atom is -0.469 e. The molecule has 0 saturated heterocycles. The normalized spacial score (nSPS) is 12.5. The highest BCUT2D eigenvalue weighted by Gasteiger charge is 2.10. The molecule has 2 N–H and O–H groups in total. The first-order chi connectivity index (χ1) is 6.61. The van der Waals surface area contributed by atoms with Crippen molar-refractivity contribution in [3.63, 3.8) is 0 Å². The molecule has 5 nitrogen and oxygen atoms in total. The van der Waals surface area contributed by atoms with Gasteiger partial charge in [-0.15, -0.1) is 0 Å². The van der Waals surface area contributed by atoms with E-state index in [2.05, 4.69) is 9.47 Å². The number of carbonyl (C=O) groups is 2. The van der Waals surface area contributed by atoms with E-state index in [9.17, 15) is 9.59 Å². The molecule has 1 unspecified atom stereocenters. The quantitative estimate of drug-likeness (QED) is 0.500. The Morgan fingerprint density at radius 2 is 1.93 bits per heavy atom. The van der Waals surface area contributed by atoms with Gasteiger partial charge in [0, 0.05) is 0 Å². The first-order valence-electron chi connectivity index (χ1n) is 4.17. The molecular weight excluding hydrogens is 186 g/mol. The second-order valence-electron chi connectivity index (χ2n) is 2.62. The summed E-state index contributed by atoms with van der Waals surface area (Å²) < 4.78 is 8.83. The molecule has 0 rings (SSSR count). The summed E-state index contributed by atoms with van der Waals surface area (Å²) in [4.78, 5) is 21.5. The van der Waals surface area contributed by atoms with Crippen LogP contribution in [0.3, 0.4) is 0 Å². The Kier molecular flexibility index (Phi) is 6.39. The maximum atomic E-state index is 10.8. The van der Waals surface area contributed by atoms with Gasteiger partial charge in [0.05, 0.1) is 20.6 Å². The molecule has 1 atom stereocenters. The molecule has 0 spiro atoms. The highest BCUT2D eigenvalue weighted by atomic mass is 16.5. The van der Waals surface area contributed by atoms with E-state index in [0.717, 1.165) is 0 Å². The van der Waals surface area contributed by atoms with Crippen molar-refractivity contribution in [1.82, 2.24) is 0 Å². The highest BCUT2D eigenvalue weighted by Crippen LogP contribution is 1.95. The lowest BCUT2D eigenvalue weighted by Gasteiger charge is -2.04. The molecule has 5 heteroatoms. The van der Waals surface area contributed by atoms with Gasteiger partial charge in [0.2, 0.25) is 0 Å². The maximum Gasteiger partial charge on any atom is 0.322 e. The maximum absolute atomic E-state index is 10.8. The summed E-state index contributed by atoms with van der Waals surface area (Å²) in [5, 5.41) is 0. The molecule has 0 bridgehead atoms. The summed E-state index contributed by atoms with van der Waals surface area (Å²) in [6, 6.07) is -0.672. The monoisotopic (exact) mass is 201 g/mol. The van der Waals surface area contributed by atoms with Crippen LogP contribution in [0.1, 0.15) is 12.8 Å². The largest absolute Gasteiger partial charge is 0.469 e. The molecule has 0 fully saturated rings. The predicted molar refractivity (Wildman–Crippen MR) is 50.4 cm³/mol. The number of ether oxygens (including phenoxy) is 2. The molecule has 0 aliphatic carbocycles. The Labute approximate surface area is 82.9 Å². The number of hydrogen-bond donors (Lipinski definition) is 1. The summed E-state index contributed by atoms with van der Waals surface area (Å²) in [6.07, 6.45) is 3.79. The number of hydrogen-bond acceptors (Lipinski definition) is 5. The van der Waals surface area contributed by atoms with Gasteiger partial charge in [0.25, 0.3) is 0 Å². The number of rotatable bonds is 5. The van der Waals surface area contributed by atoms with E-state index >= 15 is 0 Å². The van der Waals surface area contributed by atoms with E-state index in [1.165, 1.54) is 14.2 Å². The molecule has 0 aliphatic heterocycles. The van der Waals surface area contributed by atoms with Crippen molar-refractivity contribution in [3.8, 4) is 0 Å². The zero-order valence-corrected chi connectivity index (χ0v) is 8.36. The molecule has 80 valence electrons. The fourth-order valence-corrected chi connectivity index (χ4v) is 0.753. The lowest BCUT2D eigenvalue weighted by Crippen LogP contribution is -2.30. The first kappa shape index (κ1) is 12.6. The van der Waals surface area contributed by atoms with Gasteiger partial charge in [-0.1, -0.05) is 12.2 Å². The zero-order valence-electron chi connectivity index (χ0n) is 8.36. The highest BCUT2D eigenvalue weighted by molar-refractivity contribution is 5.75. The number of carbonyl (C=O) groups excluding carboxylic acids is 2. The molecule has 0 saturated carbocycles. The van der Waals surface area contributed by atoms with Crippen LogP contribution in [0.2, 0.25) is 0 Å². The molecule has 14 heavy (non-hydrogen) atoms. The molecule has 0 aromatic carbocycles. The van der Waals surface area contributed by atoms with Gasteiger partial charge in [-0.3, -0.25) is 9.59 Å². The van der Waals surface area contributed by atoms with Gasteiger partial charge in [0.1, 0.15) is 6.04 Å². The lowest BCUT2D eigenvalue weighted by molar-refractivity contribution is -0.142. The smallest absolute Gasteiger partial charge is 0.322 e. The SMILES string of the molecule is COC(=O)C/C=C/CC(N)C(=O)OC. The van der Waals surface area contributed by atoms with Crippen LogP contribution in [-0.2, 0) is 19.1 Å². The van der Waals surface area contributed by atoms with Crippen molar-refractivity contribution >= 4 is 11.9 Å². The molecular formula is C9H15NO4. The Morgan fingerprint density at radius 1 is 1.29 bits per heavy atom. The number of esters is 2. The van der Waals surface area contributed by atoms with Crippen LogP contribution >= 0.6 is 0 Å². The first-order valence-corrected chi connectivity index (χ1v) is 4.17. The van der Waals surface area contributed by atoms with E-state index in [1.54, 1.807) is 12.2 Å². The standard InChI is InChI=1S/C9H15NO4/c1-13-8(11)6-4-3-5-7(10)9(12)14-2/h3-4,7H,5-6,10H2,1-2H3/b4-3+. The summed E-state index contributed by atoms with van der Waals surface area (Å²) in [6.45, 7) is 0. The average Bonchev–Trinajstić information content (AvgIpc) is 2.22. The third-order valence-corrected chi connectivity index (χ3v) is 1.57. The van der Waals surface area contributed by atoms with Crippen molar-refractivity contribution in [2.24, 2.45) is 5.73 Å². The van der Waals surface area contributed by atoms with E-state index in [1.807, 2.05) is 0 Å². The summed E-state index contributed by atoms with van der Waals surface area (Å²) in [5.41, 5.74) is 5.44. The molecule has 0 heterocycles. The summed E-state index contributed by atoms with van der Waals surface area (Å²) in [7, 11) is 2.59. The third kappa shape index (κ3) is 5.31. The average molecular weight is 201 g/mol. The van der Waals surface area contributed by atoms with Crippen LogP contribution in [0.25, 0.3) is 0 Å². The van der Waals surface area contributed by atoms with Crippen LogP contribution < -0.4 is 5.73 Å². The molecule has 0 aromatic rings. The summed E-state index contributed by atoms with van der Waals surface area (Å²) >= 11 is 0. The van der Waals surface area contributed by atoms with E-state index in [0.29, 0.717) is 6.42 Å². The van der Waals surface area contributed by atoms with Gasteiger partial charge in [-0.25, -0.2) is 0 Å². The lowest BCUT2D eigenvalue weighted by atomic mass is 10.2. The minimum absolute atomic E-state index is 0.185. The third-order valence-electron chi connectivity index (χ3n) is 1.57. The minimum atomic E-state index is -0.672. The topological polar surface area (TPSA) is 78.6 Å². The Morgan fingerprint density at radius 3 is 2.43 bits per heavy atom. The Balaban J connectivity index is 3.71. The van der Waals surface area contributed by atoms with Crippen LogP contribution in [0.5, 0.6) is 0 Å². The van der Waals surface area contributed by atoms with Crippen LogP contribution in [-0.4, -0.2) is 32.2 Å². The van der Waals surface area contributed by atoms with Crippen molar-refractivity contribution in [2.75, 3.05) is 14.2 Å². The second kappa shape index (κ2) is 7.08. The Hall–Kier alpha value is -1.36. The van der Waals surface area contributed by atoms with Gasteiger partial charge in [-0.2, -0.15) is 0 Å². The van der Waals surface area contributed by atoms with Crippen molar-refractivity contribution in [2.45, 2.75) is 18.9 Å². The molecule has 0 radical (unpaired) electrons. The van der Waals surface area contributed by atoms with Crippen LogP contribution in [0, 0.1) is 0 Å². The molecule has 0 amide bonds. The van der Waals surface area contributed by atoms with Crippen LogP contribution in [0.4, 0.5) is 0 Å². The molecule has 0 aromatic heterocycles. The van der Waals surface area contributed by atoms with Gasteiger partial charge >= 0.3 is 11.9 Å². The van der Waals surface area contributed by atoms with E-state index in [-0.39, 0.29) is 12.4 Å². The molecule has 0 aliphatic rings. The summed E-state index contributed by atoms with van der Waals surface area (Å²) in [5.74, 6) is -0.791. The zero-order chi connectivity index (χ0) is 11.0. The van der Waals surface area contributed by atoms with Gasteiger partial charge in [0.15, 0.2) is 0 Å². The van der Waals surface area contributed by atoms with Gasteiger partial charge in [-0.05, 0) is 6.42 Å². The van der Waals surface area contributed by atoms with E-state index in [4.69, 9.17) is 5.73 Å². The van der Waals surface area contributed by atoms with Crippen molar-refractivity contribution in [1.29, 1.82) is 0 Å². The predicted octanol–water partition coefficient (Wildman–Crippen LogP) is -0.00390. The van der Waals surface area contributed by atoms with E-state index < -0.39 is 12.0 Å².